The molecule has 0 spiro atoms. The van der Waals surface area contributed by atoms with E-state index in [1.165, 1.54) is 11.0 Å². The highest BCUT2D eigenvalue weighted by Crippen LogP contribution is 2.38. The number of alkyl halides is 3. The topological polar surface area (TPSA) is 23.6 Å². The number of piperazine rings is 1. The Labute approximate surface area is 127 Å². The summed E-state index contributed by atoms with van der Waals surface area (Å²) in [5.74, 6) is -0.308. The van der Waals surface area contributed by atoms with Crippen molar-refractivity contribution in [3.8, 4) is 0 Å². The van der Waals surface area contributed by atoms with Gasteiger partial charge < -0.3 is 4.90 Å². The molecule has 1 aliphatic heterocycles. The van der Waals surface area contributed by atoms with Crippen LogP contribution in [-0.2, 0) is 10.8 Å². The van der Waals surface area contributed by atoms with E-state index in [1.807, 2.05) is 0 Å². The van der Waals surface area contributed by atoms with Crippen LogP contribution < -0.4 is 0 Å². The molecule has 2 rings (SSSR count). The molecule has 0 bridgehead atoms. The Morgan fingerprint density at radius 3 is 2.47 bits per heavy atom. The zero-order valence-electron chi connectivity index (χ0n) is 9.91. The van der Waals surface area contributed by atoms with Gasteiger partial charge in [0.15, 0.2) is 0 Å². The molecule has 2 heterocycles. The number of hydrogen-bond acceptors (Lipinski definition) is 3. The first kappa shape index (κ1) is 15.2. The van der Waals surface area contributed by atoms with Crippen LogP contribution in [0.2, 0.25) is 0 Å². The number of rotatable bonds is 3. The van der Waals surface area contributed by atoms with Gasteiger partial charge in [-0.05, 0) is 28.1 Å². The minimum absolute atomic E-state index is 0.0106. The van der Waals surface area contributed by atoms with Crippen LogP contribution in [0.1, 0.15) is 4.88 Å². The summed E-state index contributed by atoms with van der Waals surface area (Å²) in [6.45, 7) is 0.859. The van der Waals surface area contributed by atoms with Crippen molar-refractivity contribution in [3.05, 3.63) is 20.8 Å². The Kier molecular flexibility index (Phi) is 4.81. The van der Waals surface area contributed by atoms with E-state index < -0.39 is 6.05 Å². The van der Waals surface area contributed by atoms with Crippen LogP contribution in [0.25, 0.3) is 0 Å². The highest BCUT2D eigenvalue weighted by atomic mass is 79.9. The summed E-state index contributed by atoms with van der Waals surface area (Å²) < 4.78 is 29.2. The summed E-state index contributed by atoms with van der Waals surface area (Å²) >= 11 is 9.66. The van der Waals surface area contributed by atoms with Gasteiger partial charge in [-0.25, -0.2) is 4.90 Å². The average molecular weight is 374 g/mol. The summed E-state index contributed by atoms with van der Waals surface area (Å²) in [4.78, 5) is 14.0. The fourth-order valence-electron chi connectivity index (χ4n) is 1.95. The van der Waals surface area contributed by atoms with Gasteiger partial charge in [0.05, 0.1) is 8.66 Å². The SMILES string of the molecule is O=C(CCl)N1CCN(C(F)(F)c2ccc(Br)s2)CC1. The lowest BCUT2D eigenvalue weighted by molar-refractivity contribution is -0.168. The van der Waals surface area contributed by atoms with Crippen LogP contribution in [0.5, 0.6) is 0 Å². The van der Waals surface area contributed by atoms with E-state index in [0.717, 1.165) is 16.2 Å². The molecule has 0 atom stereocenters. The molecule has 0 saturated carbocycles. The maximum absolute atomic E-state index is 14.3. The third kappa shape index (κ3) is 3.26. The highest BCUT2D eigenvalue weighted by Gasteiger charge is 2.42. The van der Waals surface area contributed by atoms with Gasteiger partial charge in [-0.2, -0.15) is 8.78 Å². The van der Waals surface area contributed by atoms with Gasteiger partial charge in [0.1, 0.15) is 5.88 Å². The first-order valence-corrected chi connectivity index (χ1v) is 7.82. The molecule has 0 radical (unpaired) electrons. The lowest BCUT2D eigenvalue weighted by Gasteiger charge is -2.38. The van der Waals surface area contributed by atoms with Crippen LogP contribution in [0.15, 0.2) is 15.9 Å². The van der Waals surface area contributed by atoms with E-state index >= 15 is 0 Å². The molecule has 1 aromatic heterocycles. The van der Waals surface area contributed by atoms with Gasteiger partial charge in [0.2, 0.25) is 5.91 Å². The predicted octanol–water partition coefficient (Wildman–Crippen LogP) is 2.94. The zero-order valence-corrected chi connectivity index (χ0v) is 13.1. The summed E-state index contributed by atoms with van der Waals surface area (Å²) in [6, 6.07) is 0.0407. The molecule has 19 heavy (non-hydrogen) atoms. The Hall–Kier alpha value is -0.240. The number of amides is 1. The largest absolute Gasteiger partial charge is 0.341 e. The van der Waals surface area contributed by atoms with E-state index in [2.05, 4.69) is 15.9 Å². The van der Waals surface area contributed by atoms with Gasteiger partial charge in [0, 0.05) is 26.2 Å². The molecule has 1 saturated heterocycles. The first-order chi connectivity index (χ1) is 8.95. The van der Waals surface area contributed by atoms with Crippen molar-refractivity contribution < 1.29 is 13.6 Å². The van der Waals surface area contributed by atoms with Gasteiger partial charge in [-0.3, -0.25) is 4.79 Å². The van der Waals surface area contributed by atoms with E-state index in [0.29, 0.717) is 3.79 Å². The van der Waals surface area contributed by atoms with Crippen molar-refractivity contribution in [3.63, 3.8) is 0 Å². The number of carbonyl (C=O) groups is 1. The van der Waals surface area contributed by atoms with Crippen molar-refractivity contribution in [2.75, 3.05) is 32.1 Å². The number of hydrogen-bond donors (Lipinski definition) is 0. The Morgan fingerprint density at radius 1 is 1.37 bits per heavy atom. The molecule has 1 fully saturated rings. The van der Waals surface area contributed by atoms with Crippen molar-refractivity contribution >= 4 is 44.8 Å². The Balaban J connectivity index is 2.02. The smallest absolute Gasteiger partial charge is 0.339 e. The Bertz CT molecular complexity index is 463. The summed E-state index contributed by atoms with van der Waals surface area (Å²) in [5, 5.41) is 0. The zero-order chi connectivity index (χ0) is 14.0. The van der Waals surface area contributed by atoms with Gasteiger partial charge >= 0.3 is 6.05 Å². The Morgan fingerprint density at radius 2 is 2.00 bits per heavy atom. The fraction of sp³-hybridized carbons (Fsp3) is 0.545. The van der Waals surface area contributed by atoms with Crippen LogP contribution in [-0.4, -0.2) is 47.8 Å². The second kappa shape index (κ2) is 6.03. The molecule has 1 aliphatic rings. The average Bonchev–Trinajstić information content (AvgIpc) is 2.85. The monoisotopic (exact) mass is 372 g/mol. The van der Waals surface area contributed by atoms with Crippen LogP contribution in [0.4, 0.5) is 8.78 Å². The summed E-state index contributed by atoms with van der Waals surface area (Å²) in [5.41, 5.74) is 0. The second-order valence-electron chi connectivity index (χ2n) is 4.15. The van der Waals surface area contributed by atoms with Crippen molar-refractivity contribution in [1.82, 2.24) is 9.80 Å². The fourth-order valence-corrected chi connectivity index (χ4v) is 3.51. The molecule has 106 valence electrons. The standard InChI is InChI=1S/C11H12BrClF2N2OS/c12-9-2-1-8(19-9)11(14,15)17-5-3-16(4-6-17)10(18)7-13/h1-2H,3-7H2. The number of carbonyl (C=O) groups excluding carboxylic acids is 1. The van der Waals surface area contributed by atoms with E-state index in [9.17, 15) is 13.6 Å². The van der Waals surface area contributed by atoms with Crippen molar-refractivity contribution in [2.45, 2.75) is 6.05 Å². The molecule has 3 nitrogen and oxygen atoms in total. The predicted molar refractivity (Wildman–Crippen MR) is 74.8 cm³/mol. The molecule has 1 amide bonds. The lowest BCUT2D eigenvalue weighted by Crippen LogP contribution is -2.53. The van der Waals surface area contributed by atoms with E-state index in [4.69, 9.17) is 11.6 Å². The third-order valence-electron chi connectivity index (χ3n) is 3.01. The first-order valence-electron chi connectivity index (χ1n) is 5.67. The number of thiophene rings is 1. The summed E-state index contributed by atoms with van der Waals surface area (Å²) in [7, 11) is 0. The molecular weight excluding hydrogens is 362 g/mol. The molecule has 8 heteroatoms. The minimum Gasteiger partial charge on any atom is -0.339 e. The number of nitrogens with zero attached hydrogens (tertiary/aromatic N) is 2. The minimum atomic E-state index is -2.99. The lowest BCUT2D eigenvalue weighted by atomic mass is 10.2. The van der Waals surface area contributed by atoms with Crippen molar-refractivity contribution in [1.29, 1.82) is 0 Å². The number of halogens is 4. The maximum atomic E-state index is 14.3. The van der Waals surface area contributed by atoms with E-state index in [-0.39, 0.29) is 42.8 Å². The quantitative estimate of drug-likeness (QED) is 0.601. The van der Waals surface area contributed by atoms with Crippen LogP contribution >= 0.6 is 38.9 Å². The second-order valence-corrected chi connectivity index (χ2v) is 6.88. The van der Waals surface area contributed by atoms with Crippen molar-refractivity contribution in [2.24, 2.45) is 0 Å². The van der Waals surface area contributed by atoms with Gasteiger partial charge in [-0.15, -0.1) is 22.9 Å². The molecule has 0 N–H and O–H groups in total. The molecule has 1 aromatic rings. The van der Waals surface area contributed by atoms with Crippen LogP contribution in [0, 0.1) is 0 Å². The molecule has 0 aromatic carbocycles. The molecular formula is C11H12BrClF2N2OS. The molecule has 0 unspecified atom stereocenters. The van der Waals surface area contributed by atoms with Gasteiger partial charge in [0.25, 0.3) is 0 Å². The molecule has 0 aliphatic carbocycles. The maximum Gasteiger partial charge on any atom is 0.341 e. The van der Waals surface area contributed by atoms with Crippen LogP contribution in [0.3, 0.4) is 0 Å². The summed E-state index contributed by atoms with van der Waals surface area (Å²) in [6.07, 6.45) is 0. The highest BCUT2D eigenvalue weighted by molar-refractivity contribution is 9.11. The normalized spacial score (nSPS) is 17.8. The van der Waals surface area contributed by atoms with E-state index in [1.54, 1.807) is 6.07 Å². The third-order valence-corrected chi connectivity index (χ3v) is 4.92. The van der Waals surface area contributed by atoms with Gasteiger partial charge in [-0.1, -0.05) is 0 Å².